The smallest absolute Gasteiger partial charge is 0.363 e. The fourth-order valence-electron chi connectivity index (χ4n) is 2.04. The molecule has 1 aliphatic rings. The number of nitrogens with zero attached hydrogens (tertiary/aromatic N) is 3. The van der Waals surface area contributed by atoms with Gasteiger partial charge in [-0.15, -0.1) is 11.3 Å². The lowest BCUT2D eigenvalue weighted by molar-refractivity contribution is -0.129. The monoisotopic (exact) mass is 297 g/mol. The van der Waals surface area contributed by atoms with Crippen LogP contribution in [0.4, 0.5) is 0 Å². The van der Waals surface area contributed by atoms with Crippen molar-refractivity contribution in [1.82, 2.24) is 4.57 Å². The molecule has 0 aliphatic carbocycles. The molecule has 6 heteroatoms. The predicted molar refractivity (Wildman–Crippen MR) is 79.8 cm³/mol. The van der Waals surface area contributed by atoms with Gasteiger partial charge in [-0.1, -0.05) is 6.07 Å². The zero-order chi connectivity index (χ0) is 15.0. The molecule has 0 amide bonds. The number of ether oxygens (including phenoxy) is 1. The Balaban J connectivity index is 2.01. The van der Waals surface area contributed by atoms with Crippen molar-refractivity contribution in [1.29, 1.82) is 5.26 Å². The number of hydrogen-bond acceptors (Lipinski definition) is 5. The van der Waals surface area contributed by atoms with Crippen LogP contribution in [0, 0.1) is 18.3 Å². The molecule has 0 fully saturated rings. The number of carbonyl (C=O) groups excluding carboxylic acids is 1. The second kappa shape index (κ2) is 5.04. The molecule has 0 radical (unpaired) electrons. The van der Waals surface area contributed by atoms with Crippen molar-refractivity contribution >= 4 is 29.3 Å². The van der Waals surface area contributed by atoms with Crippen LogP contribution in [-0.4, -0.2) is 16.4 Å². The summed E-state index contributed by atoms with van der Waals surface area (Å²) >= 11 is 1.46. The molecule has 0 aromatic carbocycles. The molecule has 0 spiro atoms. The van der Waals surface area contributed by atoms with Gasteiger partial charge in [0.15, 0.2) is 5.70 Å². The zero-order valence-electron chi connectivity index (χ0n) is 11.5. The number of thiophene rings is 1. The Bertz CT molecular complexity index is 820. The molecule has 0 bridgehead atoms. The van der Waals surface area contributed by atoms with Gasteiger partial charge < -0.3 is 9.30 Å². The van der Waals surface area contributed by atoms with E-state index >= 15 is 0 Å². The van der Waals surface area contributed by atoms with E-state index < -0.39 is 5.97 Å². The van der Waals surface area contributed by atoms with Crippen LogP contribution in [-0.2, 0) is 16.6 Å². The van der Waals surface area contributed by atoms with Crippen molar-refractivity contribution in [2.75, 3.05) is 0 Å². The Labute approximate surface area is 125 Å². The fourth-order valence-corrected chi connectivity index (χ4v) is 2.69. The molecule has 21 heavy (non-hydrogen) atoms. The summed E-state index contributed by atoms with van der Waals surface area (Å²) < 4.78 is 6.95. The van der Waals surface area contributed by atoms with Crippen molar-refractivity contribution in [3.8, 4) is 6.07 Å². The molecule has 2 aromatic heterocycles. The standard InChI is InChI=1S/C15H11N3O2S/c1-9-10(6-11(8-16)18(9)2)7-12-15(19)20-14(17-12)13-4-3-5-21-13/h3-7H,1-2H3. The molecule has 0 atom stereocenters. The molecular weight excluding hydrogens is 286 g/mol. The van der Waals surface area contributed by atoms with Crippen molar-refractivity contribution in [2.45, 2.75) is 6.92 Å². The highest BCUT2D eigenvalue weighted by molar-refractivity contribution is 7.12. The van der Waals surface area contributed by atoms with E-state index in [1.54, 1.807) is 16.7 Å². The minimum absolute atomic E-state index is 0.247. The van der Waals surface area contributed by atoms with E-state index in [1.807, 2.05) is 31.5 Å². The Morgan fingerprint density at radius 3 is 2.95 bits per heavy atom. The highest BCUT2D eigenvalue weighted by atomic mass is 32.1. The van der Waals surface area contributed by atoms with Gasteiger partial charge in [0.1, 0.15) is 11.8 Å². The Morgan fingerprint density at radius 2 is 2.33 bits per heavy atom. The predicted octanol–water partition coefficient (Wildman–Crippen LogP) is 2.61. The van der Waals surface area contributed by atoms with Gasteiger partial charge in [0.25, 0.3) is 0 Å². The van der Waals surface area contributed by atoms with E-state index in [1.165, 1.54) is 11.3 Å². The number of carbonyl (C=O) groups is 1. The first kappa shape index (κ1) is 13.3. The number of cyclic esters (lactones) is 1. The topological polar surface area (TPSA) is 67.4 Å². The van der Waals surface area contributed by atoms with Gasteiger partial charge in [0.2, 0.25) is 5.90 Å². The van der Waals surface area contributed by atoms with Crippen molar-refractivity contribution in [2.24, 2.45) is 12.0 Å². The summed E-state index contributed by atoms with van der Waals surface area (Å²) in [6.45, 7) is 1.89. The third-order valence-corrected chi connectivity index (χ3v) is 4.19. The van der Waals surface area contributed by atoms with Gasteiger partial charge in [-0.25, -0.2) is 9.79 Å². The normalized spacial score (nSPS) is 16.0. The Morgan fingerprint density at radius 1 is 1.52 bits per heavy atom. The minimum Gasteiger partial charge on any atom is -0.401 e. The van der Waals surface area contributed by atoms with Crippen LogP contribution >= 0.6 is 11.3 Å². The summed E-state index contributed by atoms with van der Waals surface area (Å²) in [6.07, 6.45) is 1.65. The van der Waals surface area contributed by atoms with Crippen LogP contribution in [0.25, 0.3) is 6.08 Å². The minimum atomic E-state index is -0.472. The molecule has 5 nitrogen and oxygen atoms in total. The summed E-state index contributed by atoms with van der Waals surface area (Å²) in [7, 11) is 1.81. The second-order valence-corrected chi connectivity index (χ2v) is 5.50. The van der Waals surface area contributed by atoms with Crippen LogP contribution < -0.4 is 0 Å². The average molecular weight is 297 g/mol. The second-order valence-electron chi connectivity index (χ2n) is 4.55. The SMILES string of the molecule is Cc1c(C=C2N=C(c3cccs3)OC2=O)cc(C#N)n1C. The quantitative estimate of drug-likeness (QED) is 0.632. The summed E-state index contributed by atoms with van der Waals surface area (Å²) in [5.41, 5.74) is 2.47. The highest BCUT2D eigenvalue weighted by Gasteiger charge is 2.25. The van der Waals surface area contributed by atoms with Crippen LogP contribution in [0.15, 0.2) is 34.3 Å². The van der Waals surface area contributed by atoms with E-state index in [2.05, 4.69) is 11.1 Å². The molecule has 1 aliphatic heterocycles. The molecule has 3 heterocycles. The van der Waals surface area contributed by atoms with Crippen molar-refractivity contribution in [3.63, 3.8) is 0 Å². The number of aromatic nitrogens is 1. The number of esters is 1. The molecule has 2 aromatic rings. The highest BCUT2D eigenvalue weighted by Crippen LogP contribution is 2.23. The van der Waals surface area contributed by atoms with E-state index in [-0.39, 0.29) is 5.70 Å². The first-order valence-electron chi connectivity index (χ1n) is 6.23. The average Bonchev–Trinajstić information content (AvgIpc) is 3.16. The largest absolute Gasteiger partial charge is 0.401 e. The van der Waals surface area contributed by atoms with Crippen LogP contribution in [0.2, 0.25) is 0 Å². The molecule has 0 saturated carbocycles. The zero-order valence-corrected chi connectivity index (χ0v) is 12.3. The number of nitriles is 1. The molecular formula is C15H11N3O2S. The third kappa shape index (κ3) is 2.28. The van der Waals surface area contributed by atoms with Gasteiger partial charge in [-0.3, -0.25) is 0 Å². The third-order valence-electron chi connectivity index (χ3n) is 3.33. The van der Waals surface area contributed by atoms with Gasteiger partial charge >= 0.3 is 5.97 Å². The molecule has 104 valence electrons. The van der Waals surface area contributed by atoms with Gasteiger partial charge in [-0.2, -0.15) is 5.26 Å². The maximum absolute atomic E-state index is 11.9. The lowest BCUT2D eigenvalue weighted by atomic mass is 10.2. The van der Waals surface area contributed by atoms with E-state index in [0.717, 1.165) is 16.1 Å². The lowest BCUT2D eigenvalue weighted by Gasteiger charge is -1.97. The summed E-state index contributed by atoms with van der Waals surface area (Å²) in [4.78, 5) is 16.9. The van der Waals surface area contributed by atoms with Gasteiger partial charge in [0.05, 0.1) is 4.88 Å². The first-order chi connectivity index (χ1) is 10.1. The fraction of sp³-hybridized carbons (Fsp3) is 0.133. The number of aliphatic imine (C=N–C) groups is 1. The Hall–Kier alpha value is -2.65. The van der Waals surface area contributed by atoms with E-state index in [4.69, 9.17) is 10.00 Å². The van der Waals surface area contributed by atoms with E-state index in [0.29, 0.717) is 11.6 Å². The summed E-state index contributed by atoms with van der Waals surface area (Å²) in [5.74, 6) is -0.143. The number of hydrogen-bond donors (Lipinski definition) is 0. The molecule has 0 N–H and O–H groups in total. The van der Waals surface area contributed by atoms with Crippen LogP contribution in [0.5, 0.6) is 0 Å². The summed E-state index contributed by atoms with van der Waals surface area (Å²) in [6, 6.07) is 7.56. The van der Waals surface area contributed by atoms with Gasteiger partial charge in [0, 0.05) is 12.7 Å². The van der Waals surface area contributed by atoms with Crippen molar-refractivity contribution in [3.05, 3.63) is 51.1 Å². The summed E-state index contributed by atoms with van der Waals surface area (Å²) in [5, 5.41) is 10.9. The molecule has 3 rings (SSSR count). The van der Waals surface area contributed by atoms with Crippen LogP contribution in [0.3, 0.4) is 0 Å². The molecule has 0 unspecified atom stereocenters. The van der Waals surface area contributed by atoms with Crippen molar-refractivity contribution < 1.29 is 9.53 Å². The maximum atomic E-state index is 11.9. The van der Waals surface area contributed by atoms with E-state index in [9.17, 15) is 4.79 Å². The Kier molecular flexibility index (Phi) is 3.20. The number of rotatable bonds is 2. The lowest BCUT2D eigenvalue weighted by Crippen LogP contribution is -2.03. The first-order valence-corrected chi connectivity index (χ1v) is 7.11. The molecule has 0 saturated heterocycles. The maximum Gasteiger partial charge on any atom is 0.363 e. The van der Waals surface area contributed by atoms with Crippen LogP contribution in [0.1, 0.15) is 21.8 Å². The van der Waals surface area contributed by atoms with Gasteiger partial charge in [-0.05, 0) is 36.1 Å².